The van der Waals surface area contributed by atoms with Crippen LogP contribution in [0.4, 0.5) is 5.69 Å². The van der Waals surface area contributed by atoms with Crippen molar-refractivity contribution in [1.82, 2.24) is 5.32 Å². The minimum Gasteiger partial charge on any atom is -0.479 e. The van der Waals surface area contributed by atoms with Crippen LogP contribution in [0.2, 0.25) is 0 Å². The molecule has 0 saturated carbocycles. The molecule has 0 spiro atoms. The Morgan fingerprint density at radius 1 is 1.47 bits per heavy atom. The lowest BCUT2D eigenvalue weighted by Gasteiger charge is -2.23. The minimum atomic E-state index is -1.33. The number of carbonyl (C=O) groups is 2. The summed E-state index contributed by atoms with van der Waals surface area (Å²) in [6, 6.07) is 4.84. The number of rotatable bonds is 3. The summed E-state index contributed by atoms with van der Waals surface area (Å²) >= 11 is 0. The number of aryl methyl sites for hydroxylation is 1. The number of carboxylic acid groups (broad SMARTS) is 1. The van der Waals surface area contributed by atoms with Crippen LogP contribution in [-0.4, -0.2) is 35.7 Å². The first-order valence-electron chi connectivity index (χ1n) is 5.94. The number of benzene rings is 1. The molecule has 1 heterocycles. The van der Waals surface area contributed by atoms with Crippen LogP contribution in [0.3, 0.4) is 0 Å². The van der Waals surface area contributed by atoms with Crippen molar-refractivity contribution in [2.75, 3.05) is 18.9 Å². The average Bonchev–Trinajstić information content (AvgIpc) is 2.82. The van der Waals surface area contributed by atoms with Crippen LogP contribution >= 0.6 is 0 Å². The van der Waals surface area contributed by atoms with Gasteiger partial charge in [0.1, 0.15) is 0 Å². The quantitative estimate of drug-likeness (QED) is 0.692. The van der Waals surface area contributed by atoms with Crippen molar-refractivity contribution in [3.05, 3.63) is 29.3 Å². The summed E-state index contributed by atoms with van der Waals surface area (Å²) in [5.41, 5.74) is 6.11. The SMILES string of the molecule is Cc1cc(C(=O)NC2(C(=O)O)CCOC2)ccc1N. The Kier molecular flexibility index (Phi) is 3.44. The van der Waals surface area contributed by atoms with E-state index in [1.807, 2.05) is 0 Å². The summed E-state index contributed by atoms with van der Waals surface area (Å²) in [7, 11) is 0. The monoisotopic (exact) mass is 264 g/mol. The summed E-state index contributed by atoms with van der Waals surface area (Å²) in [5, 5.41) is 11.8. The van der Waals surface area contributed by atoms with E-state index in [0.29, 0.717) is 17.9 Å². The number of hydrogen-bond donors (Lipinski definition) is 3. The zero-order valence-corrected chi connectivity index (χ0v) is 10.6. The fourth-order valence-corrected chi connectivity index (χ4v) is 1.99. The number of nitrogens with one attached hydrogen (secondary N) is 1. The molecule has 1 atom stereocenters. The van der Waals surface area contributed by atoms with E-state index in [1.54, 1.807) is 25.1 Å². The second-order valence-corrected chi connectivity index (χ2v) is 4.72. The van der Waals surface area contributed by atoms with E-state index < -0.39 is 17.4 Å². The molecule has 1 unspecified atom stereocenters. The second-order valence-electron chi connectivity index (χ2n) is 4.72. The molecule has 0 aliphatic carbocycles. The first-order valence-corrected chi connectivity index (χ1v) is 5.94. The lowest BCUT2D eigenvalue weighted by Crippen LogP contribution is -2.55. The van der Waals surface area contributed by atoms with E-state index in [0.717, 1.165) is 5.56 Å². The van der Waals surface area contributed by atoms with Gasteiger partial charge in [-0.25, -0.2) is 4.79 Å². The standard InChI is InChI=1S/C13H16N2O4/c1-8-6-9(2-3-10(8)14)11(16)15-13(12(17)18)4-5-19-7-13/h2-3,6H,4-5,7,14H2,1H3,(H,15,16)(H,17,18). The predicted octanol–water partition coefficient (Wildman–Crippen LogP) is 0.551. The van der Waals surface area contributed by atoms with E-state index in [4.69, 9.17) is 10.5 Å². The highest BCUT2D eigenvalue weighted by Crippen LogP contribution is 2.20. The van der Waals surface area contributed by atoms with Gasteiger partial charge in [-0.1, -0.05) is 0 Å². The van der Waals surface area contributed by atoms with Gasteiger partial charge in [-0.3, -0.25) is 4.79 Å². The van der Waals surface area contributed by atoms with E-state index in [1.165, 1.54) is 0 Å². The smallest absolute Gasteiger partial charge is 0.331 e. The van der Waals surface area contributed by atoms with Crippen LogP contribution in [0.5, 0.6) is 0 Å². The molecule has 0 aromatic heterocycles. The predicted molar refractivity (Wildman–Crippen MR) is 68.9 cm³/mol. The van der Waals surface area contributed by atoms with Crippen LogP contribution in [0.1, 0.15) is 22.3 Å². The number of ether oxygens (including phenoxy) is 1. The third kappa shape index (κ3) is 2.53. The van der Waals surface area contributed by atoms with Crippen molar-refractivity contribution in [2.24, 2.45) is 0 Å². The maximum atomic E-state index is 12.1. The van der Waals surface area contributed by atoms with Gasteiger partial charge in [0.05, 0.1) is 6.61 Å². The maximum absolute atomic E-state index is 12.1. The summed E-state index contributed by atoms with van der Waals surface area (Å²) in [5.74, 6) is -1.51. The normalized spacial score (nSPS) is 22.2. The first kappa shape index (κ1) is 13.4. The Morgan fingerprint density at radius 3 is 2.74 bits per heavy atom. The fourth-order valence-electron chi connectivity index (χ4n) is 1.99. The molecule has 0 bridgehead atoms. The molecule has 2 rings (SSSR count). The lowest BCUT2D eigenvalue weighted by atomic mass is 9.98. The van der Waals surface area contributed by atoms with Crippen LogP contribution < -0.4 is 11.1 Å². The molecule has 1 aromatic rings. The zero-order valence-electron chi connectivity index (χ0n) is 10.6. The summed E-state index contributed by atoms with van der Waals surface area (Å²) in [6.45, 7) is 2.10. The van der Waals surface area contributed by atoms with E-state index in [2.05, 4.69) is 5.32 Å². The molecule has 1 aliphatic heterocycles. The molecule has 1 aromatic carbocycles. The first-order chi connectivity index (χ1) is 8.94. The Bertz CT molecular complexity index is 521. The molecule has 1 saturated heterocycles. The van der Waals surface area contributed by atoms with Crippen molar-refractivity contribution >= 4 is 17.6 Å². The molecule has 4 N–H and O–H groups in total. The van der Waals surface area contributed by atoms with Crippen LogP contribution in [0, 0.1) is 6.92 Å². The molecule has 6 heteroatoms. The van der Waals surface area contributed by atoms with Crippen molar-refractivity contribution in [2.45, 2.75) is 18.9 Å². The van der Waals surface area contributed by atoms with Crippen LogP contribution in [-0.2, 0) is 9.53 Å². The van der Waals surface area contributed by atoms with Crippen LogP contribution in [0.25, 0.3) is 0 Å². The topological polar surface area (TPSA) is 102 Å². The highest BCUT2D eigenvalue weighted by Gasteiger charge is 2.44. The van der Waals surface area contributed by atoms with E-state index >= 15 is 0 Å². The number of anilines is 1. The van der Waals surface area contributed by atoms with Gasteiger partial charge < -0.3 is 20.9 Å². The molecule has 1 amide bonds. The number of nitrogen functional groups attached to an aromatic ring is 1. The minimum absolute atomic E-state index is 0.0119. The van der Waals surface area contributed by atoms with Crippen molar-refractivity contribution in [3.63, 3.8) is 0 Å². The zero-order chi connectivity index (χ0) is 14.0. The summed E-state index contributed by atoms with van der Waals surface area (Å²) in [4.78, 5) is 23.4. The van der Waals surface area contributed by atoms with Gasteiger partial charge in [-0.2, -0.15) is 0 Å². The highest BCUT2D eigenvalue weighted by atomic mass is 16.5. The Balaban J connectivity index is 2.20. The largest absolute Gasteiger partial charge is 0.479 e. The molecule has 19 heavy (non-hydrogen) atoms. The third-order valence-corrected chi connectivity index (χ3v) is 3.32. The van der Waals surface area contributed by atoms with Crippen LogP contribution in [0.15, 0.2) is 18.2 Å². The van der Waals surface area contributed by atoms with Gasteiger partial charge in [-0.15, -0.1) is 0 Å². The number of nitrogens with two attached hydrogens (primary N) is 1. The molecule has 1 aliphatic rings. The Labute approximate surface area is 110 Å². The number of hydrogen-bond acceptors (Lipinski definition) is 4. The molecule has 6 nitrogen and oxygen atoms in total. The second kappa shape index (κ2) is 4.89. The number of carbonyl (C=O) groups excluding carboxylic acids is 1. The van der Waals surface area contributed by atoms with Gasteiger partial charge in [0.2, 0.25) is 0 Å². The lowest BCUT2D eigenvalue weighted by molar-refractivity contribution is -0.144. The maximum Gasteiger partial charge on any atom is 0.331 e. The van der Waals surface area contributed by atoms with E-state index in [9.17, 15) is 14.7 Å². The molecular weight excluding hydrogens is 248 g/mol. The average molecular weight is 264 g/mol. The highest BCUT2D eigenvalue weighted by molar-refractivity contribution is 5.98. The molecule has 0 radical (unpaired) electrons. The van der Waals surface area contributed by atoms with Gasteiger partial charge in [0.25, 0.3) is 5.91 Å². The van der Waals surface area contributed by atoms with Crippen molar-refractivity contribution < 1.29 is 19.4 Å². The Morgan fingerprint density at radius 2 is 2.21 bits per heavy atom. The Hall–Kier alpha value is -2.08. The van der Waals surface area contributed by atoms with Crippen molar-refractivity contribution in [1.29, 1.82) is 0 Å². The molecule has 1 fully saturated rings. The van der Waals surface area contributed by atoms with Gasteiger partial charge >= 0.3 is 5.97 Å². The number of aliphatic carboxylic acids is 1. The van der Waals surface area contributed by atoms with Gasteiger partial charge in [0, 0.05) is 24.3 Å². The molecule has 102 valence electrons. The van der Waals surface area contributed by atoms with Crippen molar-refractivity contribution in [3.8, 4) is 0 Å². The van der Waals surface area contributed by atoms with Gasteiger partial charge in [0.15, 0.2) is 5.54 Å². The number of amides is 1. The van der Waals surface area contributed by atoms with E-state index in [-0.39, 0.29) is 13.0 Å². The fraction of sp³-hybridized carbons (Fsp3) is 0.385. The molecular formula is C13H16N2O4. The summed E-state index contributed by atoms with van der Waals surface area (Å²) in [6.07, 6.45) is 0.266. The summed E-state index contributed by atoms with van der Waals surface area (Å²) < 4.78 is 5.09. The van der Waals surface area contributed by atoms with Gasteiger partial charge in [-0.05, 0) is 30.7 Å². The third-order valence-electron chi connectivity index (χ3n) is 3.32. The number of carboxylic acids is 1.